The zero-order valence-electron chi connectivity index (χ0n) is 14.5. The average Bonchev–Trinajstić information content (AvgIpc) is 3.00. The van der Waals surface area contributed by atoms with E-state index >= 15 is 0 Å². The summed E-state index contributed by atoms with van der Waals surface area (Å²) in [6.45, 7) is 6.09. The molecule has 1 aromatic carbocycles. The summed E-state index contributed by atoms with van der Waals surface area (Å²) >= 11 is 0. The molecule has 2 N–H and O–H groups in total. The van der Waals surface area contributed by atoms with E-state index < -0.39 is 5.54 Å². The van der Waals surface area contributed by atoms with E-state index in [1.165, 1.54) is 5.56 Å². The number of amides is 1. The number of hydrogen-bond acceptors (Lipinski definition) is 3. The van der Waals surface area contributed by atoms with Crippen molar-refractivity contribution in [3.05, 3.63) is 35.9 Å². The largest absolute Gasteiger partial charge is 0.376 e. The maximum absolute atomic E-state index is 12.5. The first-order valence-corrected chi connectivity index (χ1v) is 8.76. The summed E-state index contributed by atoms with van der Waals surface area (Å²) in [5.74, 6) is 0.0646. The molecule has 4 heteroatoms. The number of carbonyl (C=O) groups excluding carboxylic acids is 1. The summed E-state index contributed by atoms with van der Waals surface area (Å²) in [7, 11) is 0. The van der Waals surface area contributed by atoms with Gasteiger partial charge in [0.2, 0.25) is 5.91 Å². The Morgan fingerprint density at radius 2 is 2.13 bits per heavy atom. The van der Waals surface area contributed by atoms with Crippen molar-refractivity contribution in [1.82, 2.24) is 4.90 Å². The van der Waals surface area contributed by atoms with Crippen LogP contribution in [0, 0.1) is 0 Å². The minimum atomic E-state index is -0.739. The van der Waals surface area contributed by atoms with Crippen LogP contribution in [0.1, 0.15) is 45.1 Å². The van der Waals surface area contributed by atoms with E-state index in [9.17, 15) is 4.79 Å². The molecule has 1 aromatic rings. The highest BCUT2D eigenvalue weighted by atomic mass is 16.5. The number of hydrogen-bond donors (Lipinski definition) is 1. The van der Waals surface area contributed by atoms with E-state index in [4.69, 9.17) is 10.5 Å². The molecule has 1 amide bonds. The molecule has 0 aliphatic carbocycles. The predicted molar refractivity (Wildman–Crippen MR) is 93.2 cm³/mol. The lowest BCUT2D eigenvalue weighted by molar-refractivity contribution is -0.136. The Labute approximate surface area is 140 Å². The van der Waals surface area contributed by atoms with Crippen LogP contribution in [0.3, 0.4) is 0 Å². The Bertz CT molecular complexity index is 487. The molecule has 0 saturated carbocycles. The zero-order chi connectivity index (χ0) is 16.7. The van der Waals surface area contributed by atoms with Crippen LogP contribution in [0.5, 0.6) is 0 Å². The third-order valence-electron chi connectivity index (χ3n) is 4.50. The summed E-state index contributed by atoms with van der Waals surface area (Å²) < 4.78 is 5.94. The van der Waals surface area contributed by atoms with E-state index in [0.717, 1.165) is 45.3 Å². The summed E-state index contributed by atoms with van der Waals surface area (Å²) in [5, 5.41) is 0. The lowest BCUT2D eigenvalue weighted by atomic mass is 9.96. The van der Waals surface area contributed by atoms with Gasteiger partial charge in [-0.25, -0.2) is 0 Å². The minimum Gasteiger partial charge on any atom is -0.376 e. The normalized spacial score (nSPS) is 20.5. The number of benzene rings is 1. The van der Waals surface area contributed by atoms with Crippen LogP contribution >= 0.6 is 0 Å². The molecule has 4 nitrogen and oxygen atoms in total. The van der Waals surface area contributed by atoms with Crippen molar-refractivity contribution < 1.29 is 9.53 Å². The van der Waals surface area contributed by atoms with Gasteiger partial charge >= 0.3 is 0 Å². The van der Waals surface area contributed by atoms with Crippen molar-refractivity contribution in [2.24, 2.45) is 5.73 Å². The average molecular weight is 318 g/mol. The van der Waals surface area contributed by atoms with Gasteiger partial charge in [-0.15, -0.1) is 0 Å². The topological polar surface area (TPSA) is 55.6 Å². The lowest BCUT2D eigenvalue weighted by Crippen LogP contribution is -2.52. The zero-order valence-corrected chi connectivity index (χ0v) is 14.5. The molecule has 1 fully saturated rings. The third-order valence-corrected chi connectivity index (χ3v) is 4.50. The molecular weight excluding hydrogens is 288 g/mol. The quantitative estimate of drug-likeness (QED) is 0.750. The van der Waals surface area contributed by atoms with Crippen LogP contribution in [-0.4, -0.2) is 42.1 Å². The fourth-order valence-electron chi connectivity index (χ4n) is 3.21. The van der Waals surface area contributed by atoms with E-state index in [2.05, 4.69) is 31.2 Å². The third kappa shape index (κ3) is 5.33. The van der Waals surface area contributed by atoms with Crippen molar-refractivity contribution in [2.75, 3.05) is 19.7 Å². The van der Waals surface area contributed by atoms with Crippen molar-refractivity contribution in [2.45, 2.75) is 57.6 Å². The first-order valence-electron chi connectivity index (χ1n) is 8.76. The smallest absolute Gasteiger partial charge is 0.242 e. The van der Waals surface area contributed by atoms with Crippen molar-refractivity contribution in [3.8, 4) is 0 Å². The Morgan fingerprint density at radius 1 is 1.39 bits per heavy atom. The lowest BCUT2D eigenvalue weighted by Gasteiger charge is -2.28. The maximum atomic E-state index is 12.5. The molecule has 1 heterocycles. The SMILES string of the molecule is CCCC(C)(N)C(=O)N1CCC(OCCCc2ccccc2)C1. The van der Waals surface area contributed by atoms with Gasteiger partial charge in [0.15, 0.2) is 0 Å². The summed E-state index contributed by atoms with van der Waals surface area (Å²) in [5.41, 5.74) is 6.76. The van der Waals surface area contributed by atoms with Crippen LogP contribution in [0.25, 0.3) is 0 Å². The Hall–Kier alpha value is -1.39. The fraction of sp³-hybridized carbons (Fsp3) is 0.632. The van der Waals surface area contributed by atoms with Gasteiger partial charge in [0.1, 0.15) is 0 Å². The van der Waals surface area contributed by atoms with Gasteiger partial charge in [-0.05, 0) is 38.2 Å². The van der Waals surface area contributed by atoms with Gasteiger partial charge in [0.05, 0.1) is 11.6 Å². The molecule has 128 valence electrons. The standard InChI is InChI=1S/C19H30N2O2/c1-3-12-19(2,20)18(22)21-13-11-17(15-21)23-14-7-10-16-8-5-4-6-9-16/h4-6,8-9,17H,3,7,10-15,20H2,1-2H3. The maximum Gasteiger partial charge on any atom is 0.242 e. The number of carbonyl (C=O) groups is 1. The number of rotatable bonds is 8. The van der Waals surface area contributed by atoms with E-state index in [1.54, 1.807) is 0 Å². The summed E-state index contributed by atoms with van der Waals surface area (Å²) in [6.07, 6.45) is 4.77. The van der Waals surface area contributed by atoms with Crippen LogP contribution < -0.4 is 5.73 Å². The molecule has 0 aromatic heterocycles. The second-order valence-electron chi connectivity index (χ2n) is 6.79. The van der Waals surface area contributed by atoms with E-state index in [0.29, 0.717) is 6.54 Å². The molecular formula is C19H30N2O2. The summed E-state index contributed by atoms with van der Waals surface area (Å²) in [6, 6.07) is 10.5. The molecule has 1 aliphatic rings. The van der Waals surface area contributed by atoms with E-state index in [-0.39, 0.29) is 12.0 Å². The highest BCUT2D eigenvalue weighted by molar-refractivity contribution is 5.85. The first kappa shape index (κ1) is 18.0. The van der Waals surface area contributed by atoms with Gasteiger partial charge in [-0.1, -0.05) is 43.7 Å². The fourth-order valence-corrected chi connectivity index (χ4v) is 3.21. The van der Waals surface area contributed by atoms with Crippen molar-refractivity contribution in [3.63, 3.8) is 0 Å². The number of nitrogens with zero attached hydrogens (tertiary/aromatic N) is 1. The molecule has 23 heavy (non-hydrogen) atoms. The molecule has 1 saturated heterocycles. The van der Waals surface area contributed by atoms with Crippen molar-refractivity contribution in [1.29, 1.82) is 0 Å². The van der Waals surface area contributed by atoms with Crippen LogP contribution in [-0.2, 0) is 16.0 Å². The molecule has 2 unspecified atom stereocenters. The Kier molecular flexibility index (Phi) is 6.60. The molecule has 0 bridgehead atoms. The first-order chi connectivity index (χ1) is 11.0. The van der Waals surface area contributed by atoms with Crippen molar-refractivity contribution >= 4 is 5.91 Å². The van der Waals surface area contributed by atoms with E-state index in [1.807, 2.05) is 17.9 Å². The number of likely N-dealkylation sites (tertiary alicyclic amines) is 1. The number of nitrogens with two attached hydrogens (primary N) is 1. The molecule has 0 spiro atoms. The van der Waals surface area contributed by atoms with Gasteiger partial charge in [0, 0.05) is 19.7 Å². The molecule has 1 aliphatic heterocycles. The number of ether oxygens (including phenoxy) is 1. The van der Waals surface area contributed by atoms with Gasteiger partial charge < -0.3 is 15.4 Å². The summed E-state index contributed by atoms with van der Waals surface area (Å²) in [4.78, 5) is 14.3. The van der Waals surface area contributed by atoms with Crippen LogP contribution in [0.15, 0.2) is 30.3 Å². The molecule has 0 radical (unpaired) electrons. The van der Waals surface area contributed by atoms with Crippen LogP contribution in [0.4, 0.5) is 0 Å². The Morgan fingerprint density at radius 3 is 2.83 bits per heavy atom. The number of aryl methyl sites for hydroxylation is 1. The molecule has 2 rings (SSSR count). The monoisotopic (exact) mass is 318 g/mol. The Balaban J connectivity index is 1.68. The minimum absolute atomic E-state index is 0.0646. The van der Waals surface area contributed by atoms with Gasteiger partial charge in [0.25, 0.3) is 0 Å². The second-order valence-corrected chi connectivity index (χ2v) is 6.79. The van der Waals surface area contributed by atoms with Gasteiger partial charge in [-0.3, -0.25) is 4.79 Å². The van der Waals surface area contributed by atoms with Crippen LogP contribution in [0.2, 0.25) is 0 Å². The highest BCUT2D eigenvalue weighted by Gasteiger charge is 2.35. The second kappa shape index (κ2) is 8.46. The van der Waals surface area contributed by atoms with Gasteiger partial charge in [-0.2, -0.15) is 0 Å². The highest BCUT2D eigenvalue weighted by Crippen LogP contribution is 2.19. The predicted octanol–water partition coefficient (Wildman–Crippen LogP) is 2.75. The molecule has 2 atom stereocenters.